The molecule has 0 aliphatic heterocycles. The third kappa shape index (κ3) is 1.57. The molecule has 12 heavy (non-hydrogen) atoms. The van der Waals surface area contributed by atoms with Gasteiger partial charge >= 0.3 is 0 Å². The van der Waals surface area contributed by atoms with Crippen molar-refractivity contribution in [1.82, 2.24) is 0 Å². The van der Waals surface area contributed by atoms with Gasteiger partial charge in [-0.2, -0.15) is 0 Å². The van der Waals surface area contributed by atoms with Gasteiger partial charge < -0.3 is 0 Å². The van der Waals surface area contributed by atoms with E-state index in [-0.39, 0.29) is 5.83 Å². The zero-order chi connectivity index (χ0) is 9.19. The van der Waals surface area contributed by atoms with Crippen molar-refractivity contribution >= 4 is 0 Å². The van der Waals surface area contributed by atoms with Crippen LogP contribution in [0, 0.1) is 5.41 Å². The van der Waals surface area contributed by atoms with E-state index in [0.29, 0.717) is 12.0 Å². The highest BCUT2D eigenvalue weighted by molar-refractivity contribution is 5.29. The van der Waals surface area contributed by atoms with Gasteiger partial charge in [-0.25, -0.2) is 8.78 Å². The van der Waals surface area contributed by atoms with Crippen LogP contribution in [-0.2, 0) is 0 Å². The maximum atomic E-state index is 13.3. The fourth-order valence-corrected chi connectivity index (χ4v) is 1.26. The van der Waals surface area contributed by atoms with Crippen LogP contribution >= 0.6 is 0 Å². The molecule has 0 nitrogen and oxygen atoms in total. The highest BCUT2D eigenvalue weighted by Gasteiger charge is 2.29. The average Bonchev–Trinajstić information content (AvgIpc) is 2.10. The highest BCUT2D eigenvalue weighted by Crippen LogP contribution is 2.39. The molecule has 0 radical (unpaired) electrons. The lowest BCUT2D eigenvalue weighted by Gasteiger charge is -2.28. The van der Waals surface area contributed by atoms with Gasteiger partial charge in [0.1, 0.15) is 12.5 Å². The van der Waals surface area contributed by atoms with Crippen molar-refractivity contribution in [2.45, 2.75) is 26.7 Å². The summed E-state index contributed by atoms with van der Waals surface area (Å²) >= 11 is 0. The minimum Gasteiger partial charge on any atom is -0.246 e. The van der Waals surface area contributed by atoms with Crippen LogP contribution in [0.3, 0.4) is 0 Å². The zero-order valence-electron chi connectivity index (χ0n) is 7.53. The molecule has 1 rings (SSSR count). The third-order valence-corrected chi connectivity index (χ3v) is 2.64. The van der Waals surface area contributed by atoms with Crippen molar-refractivity contribution in [2.24, 2.45) is 5.41 Å². The number of hydrogen-bond acceptors (Lipinski definition) is 0. The first-order valence-electron chi connectivity index (χ1n) is 4.25. The quantitative estimate of drug-likeness (QED) is 0.597. The summed E-state index contributed by atoms with van der Waals surface area (Å²) in [5.74, 6) is -0.180. The largest absolute Gasteiger partial charge is 0.246 e. The predicted molar refractivity (Wildman–Crippen MR) is 46.3 cm³/mol. The molecule has 0 aromatic heterocycles. The minimum atomic E-state index is -0.562. The van der Waals surface area contributed by atoms with E-state index in [9.17, 15) is 8.78 Å². The van der Waals surface area contributed by atoms with Crippen molar-refractivity contribution in [3.05, 3.63) is 23.6 Å². The number of allylic oxidation sites excluding steroid dienone is 4. The standard InChI is InChI=1S/C10H14F2/c1-3-10(2)5-4-8(7-11)6-9(10)12/h4,6H,3,5,7H2,1-2H3. The van der Waals surface area contributed by atoms with Gasteiger partial charge in [0, 0.05) is 5.41 Å². The van der Waals surface area contributed by atoms with Crippen molar-refractivity contribution < 1.29 is 8.78 Å². The molecule has 0 aromatic carbocycles. The Morgan fingerprint density at radius 2 is 2.25 bits per heavy atom. The maximum Gasteiger partial charge on any atom is 0.114 e. The molecular weight excluding hydrogens is 158 g/mol. The van der Waals surface area contributed by atoms with Gasteiger partial charge in [-0.05, 0) is 24.5 Å². The highest BCUT2D eigenvalue weighted by atomic mass is 19.1. The second-order valence-corrected chi connectivity index (χ2v) is 3.52. The molecule has 0 spiro atoms. The lowest BCUT2D eigenvalue weighted by Crippen LogP contribution is -2.18. The van der Waals surface area contributed by atoms with Crippen molar-refractivity contribution in [1.29, 1.82) is 0 Å². The Morgan fingerprint density at radius 3 is 2.67 bits per heavy atom. The van der Waals surface area contributed by atoms with Crippen molar-refractivity contribution in [3.8, 4) is 0 Å². The molecule has 1 aliphatic carbocycles. The minimum absolute atomic E-state index is 0.180. The van der Waals surface area contributed by atoms with E-state index in [0.717, 1.165) is 6.42 Å². The van der Waals surface area contributed by atoms with Gasteiger partial charge in [-0.3, -0.25) is 0 Å². The van der Waals surface area contributed by atoms with E-state index in [1.54, 1.807) is 6.08 Å². The maximum absolute atomic E-state index is 13.3. The predicted octanol–water partition coefficient (Wildman–Crippen LogP) is 3.56. The van der Waals surface area contributed by atoms with Crippen LogP contribution in [0.2, 0.25) is 0 Å². The van der Waals surface area contributed by atoms with Crippen LogP contribution in [0.15, 0.2) is 23.6 Å². The Bertz CT molecular complexity index is 228. The smallest absolute Gasteiger partial charge is 0.114 e. The van der Waals surface area contributed by atoms with Gasteiger partial charge in [-0.15, -0.1) is 0 Å². The SMILES string of the molecule is CCC1(C)CC=C(CF)C=C1F. The van der Waals surface area contributed by atoms with E-state index in [1.165, 1.54) is 6.08 Å². The average molecular weight is 172 g/mol. The molecule has 0 saturated heterocycles. The molecule has 1 atom stereocenters. The second kappa shape index (κ2) is 3.38. The lowest BCUT2D eigenvalue weighted by molar-refractivity contribution is 0.301. The van der Waals surface area contributed by atoms with Crippen LogP contribution in [-0.4, -0.2) is 6.67 Å². The summed E-state index contributed by atoms with van der Waals surface area (Å²) in [6.07, 6.45) is 4.48. The first-order valence-corrected chi connectivity index (χ1v) is 4.25. The van der Waals surface area contributed by atoms with E-state index in [4.69, 9.17) is 0 Å². The van der Waals surface area contributed by atoms with Crippen LogP contribution < -0.4 is 0 Å². The molecule has 0 fully saturated rings. The molecule has 1 unspecified atom stereocenters. The monoisotopic (exact) mass is 172 g/mol. The molecule has 0 heterocycles. The molecule has 2 heteroatoms. The number of alkyl halides is 1. The summed E-state index contributed by atoms with van der Waals surface area (Å²) in [6.45, 7) is 3.25. The van der Waals surface area contributed by atoms with Crippen LogP contribution in [0.1, 0.15) is 26.7 Å². The number of hydrogen-bond donors (Lipinski definition) is 0. The molecule has 0 aromatic rings. The molecular formula is C10H14F2. The summed E-state index contributed by atoms with van der Waals surface area (Å²) in [4.78, 5) is 0. The van der Waals surface area contributed by atoms with Gasteiger partial charge in [0.2, 0.25) is 0 Å². The fraction of sp³-hybridized carbons (Fsp3) is 0.600. The first-order chi connectivity index (χ1) is 5.62. The van der Waals surface area contributed by atoms with Crippen LogP contribution in [0.5, 0.6) is 0 Å². The first kappa shape index (κ1) is 9.43. The normalized spacial score (nSPS) is 29.7. The number of rotatable bonds is 2. The third-order valence-electron chi connectivity index (χ3n) is 2.64. The molecule has 1 aliphatic rings. The van der Waals surface area contributed by atoms with E-state index in [1.807, 2.05) is 13.8 Å². The van der Waals surface area contributed by atoms with E-state index >= 15 is 0 Å². The Hall–Kier alpha value is -0.660. The Kier molecular flexibility index (Phi) is 2.65. The second-order valence-electron chi connectivity index (χ2n) is 3.52. The van der Waals surface area contributed by atoms with Crippen LogP contribution in [0.4, 0.5) is 8.78 Å². The Balaban J connectivity index is 2.83. The Morgan fingerprint density at radius 1 is 1.58 bits per heavy atom. The molecule has 0 amide bonds. The van der Waals surface area contributed by atoms with Gasteiger partial charge in [0.15, 0.2) is 0 Å². The molecule has 0 saturated carbocycles. The van der Waals surface area contributed by atoms with Gasteiger partial charge in [-0.1, -0.05) is 19.9 Å². The summed E-state index contributed by atoms with van der Waals surface area (Å²) in [5, 5.41) is 0. The summed E-state index contributed by atoms with van der Waals surface area (Å²) in [6, 6.07) is 0. The molecule has 0 N–H and O–H groups in total. The molecule has 0 bridgehead atoms. The van der Waals surface area contributed by atoms with Crippen molar-refractivity contribution in [3.63, 3.8) is 0 Å². The molecule has 68 valence electrons. The topological polar surface area (TPSA) is 0 Å². The Labute approximate surface area is 72.0 Å². The van der Waals surface area contributed by atoms with Gasteiger partial charge in [0.25, 0.3) is 0 Å². The van der Waals surface area contributed by atoms with E-state index in [2.05, 4.69) is 0 Å². The zero-order valence-corrected chi connectivity index (χ0v) is 7.53. The summed E-state index contributed by atoms with van der Waals surface area (Å²) in [7, 11) is 0. The fourth-order valence-electron chi connectivity index (χ4n) is 1.26. The van der Waals surface area contributed by atoms with Gasteiger partial charge in [0.05, 0.1) is 0 Å². The summed E-state index contributed by atoms with van der Waals surface area (Å²) < 4.78 is 25.5. The van der Waals surface area contributed by atoms with Crippen molar-refractivity contribution in [2.75, 3.05) is 6.67 Å². The van der Waals surface area contributed by atoms with Crippen LogP contribution in [0.25, 0.3) is 0 Å². The number of halogens is 2. The van der Waals surface area contributed by atoms with E-state index < -0.39 is 12.1 Å². The summed E-state index contributed by atoms with van der Waals surface area (Å²) in [5.41, 5.74) is 0.0806. The lowest BCUT2D eigenvalue weighted by atomic mass is 9.79.